The Balaban J connectivity index is 0.000000172. The van der Waals surface area contributed by atoms with E-state index in [1.807, 2.05) is 60.8 Å². The molecule has 2 aliphatic heterocycles. The molecule has 221 valence electrons. The molecule has 0 amide bonds. The second kappa shape index (κ2) is 12.0. The van der Waals surface area contributed by atoms with Gasteiger partial charge in [0.25, 0.3) is 0 Å². The van der Waals surface area contributed by atoms with Crippen molar-refractivity contribution in [3.63, 3.8) is 0 Å². The molecule has 4 aromatic carbocycles. The van der Waals surface area contributed by atoms with Gasteiger partial charge in [-0.25, -0.2) is 0 Å². The molecule has 1 atom stereocenters. The Labute approximate surface area is 276 Å². The molecule has 1 radical (unpaired) electrons. The van der Waals surface area contributed by atoms with Crippen molar-refractivity contribution < 1.29 is 20.1 Å². The van der Waals surface area contributed by atoms with Gasteiger partial charge in [-0.3, -0.25) is 4.98 Å². The van der Waals surface area contributed by atoms with Crippen molar-refractivity contribution >= 4 is 57.6 Å². The summed E-state index contributed by atoms with van der Waals surface area (Å²) >= 11 is 0. The topological polar surface area (TPSA) is 59.3 Å². The quantitative estimate of drug-likeness (QED) is 0.144. The number of para-hydroxylation sites is 4. The minimum Gasteiger partial charge on any atom is -0.434 e. The monoisotopic (exact) mass is 779 g/mol. The van der Waals surface area contributed by atoms with Crippen molar-refractivity contribution in [3.05, 3.63) is 134 Å². The molecular weight excluding hydrogens is 752 g/mol. The fourth-order valence-corrected chi connectivity index (χ4v) is 8.92. The Hall–Kier alpha value is -4.67. The van der Waals surface area contributed by atoms with Gasteiger partial charge < -0.3 is 24.8 Å². The third kappa shape index (κ3) is 5.04. The van der Waals surface area contributed by atoms with Crippen LogP contribution in [0, 0.1) is 6.07 Å². The Morgan fingerprint density at radius 3 is 1.91 bits per heavy atom. The molecule has 0 aliphatic carbocycles. The maximum Gasteiger partial charge on any atom is 0.0620 e. The van der Waals surface area contributed by atoms with Crippen molar-refractivity contribution in [1.29, 1.82) is 0 Å². The van der Waals surface area contributed by atoms with Gasteiger partial charge >= 0.3 is 0 Å². The largest absolute Gasteiger partial charge is 0.434 e. The third-order valence-corrected chi connectivity index (χ3v) is 10.7. The number of hydrogen-bond donors (Lipinski definition) is 0. The molecule has 0 bridgehead atoms. The molecule has 9 rings (SSSR count). The van der Waals surface area contributed by atoms with Gasteiger partial charge in [-0.15, -0.1) is 17.7 Å². The van der Waals surface area contributed by atoms with Crippen molar-refractivity contribution in [1.82, 2.24) is 19.9 Å². The van der Waals surface area contributed by atoms with Crippen LogP contribution in [0.5, 0.6) is 0 Å². The second-order valence-corrected chi connectivity index (χ2v) is 12.7. The third-order valence-electron chi connectivity index (χ3n) is 8.06. The molecule has 5 heterocycles. The number of imidazole rings is 1. The maximum absolute atomic E-state index is 4.59. The Bertz CT molecular complexity index is 2030. The molecule has 2 aliphatic rings. The van der Waals surface area contributed by atoms with Crippen LogP contribution >= 0.6 is 7.92 Å². The second-order valence-electron chi connectivity index (χ2n) is 10.7. The molecule has 0 N–H and O–H groups in total. The number of benzene rings is 4. The smallest absolute Gasteiger partial charge is 0.0620 e. The van der Waals surface area contributed by atoms with Gasteiger partial charge in [-0.2, -0.15) is 0 Å². The summed E-state index contributed by atoms with van der Waals surface area (Å²) in [6.45, 7) is 0. The number of anilines is 4. The minimum atomic E-state index is -0.621. The van der Waals surface area contributed by atoms with Crippen molar-refractivity contribution in [2.75, 3.05) is 23.9 Å². The van der Waals surface area contributed by atoms with Crippen LogP contribution in [0.1, 0.15) is 0 Å². The van der Waals surface area contributed by atoms with E-state index in [0.717, 1.165) is 33.7 Å². The van der Waals surface area contributed by atoms with E-state index in [-0.39, 0.29) is 20.1 Å². The zero-order valence-electron chi connectivity index (χ0n) is 24.6. The summed E-state index contributed by atoms with van der Waals surface area (Å²) in [6, 6.07) is 43.2. The number of pyridine rings is 2. The van der Waals surface area contributed by atoms with Crippen LogP contribution in [-0.2, 0) is 20.1 Å². The number of fused-ring (bicyclic) bond motifs is 5. The van der Waals surface area contributed by atoms with Crippen molar-refractivity contribution in [2.45, 2.75) is 0 Å². The van der Waals surface area contributed by atoms with Crippen molar-refractivity contribution in [3.8, 4) is 22.8 Å². The summed E-state index contributed by atoms with van der Waals surface area (Å²) in [5.41, 5.74) is 9.60. The molecule has 8 heteroatoms. The first-order chi connectivity index (χ1) is 21.7. The van der Waals surface area contributed by atoms with Gasteiger partial charge in [0.15, 0.2) is 0 Å². The summed E-state index contributed by atoms with van der Waals surface area (Å²) < 4.78 is 0. The summed E-state index contributed by atoms with van der Waals surface area (Å²) in [5, 5.41) is 4.22. The molecule has 0 saturated heterocycles. The molecule has 0 spiro atoms. The SMILES string of the molecule is CN1c2[c-]c(-c3ccccn3)cc3c2P(c2ccccc21)c1ccccc1N3C.[Ir].c1ccc(-c2nc3ccccc3[n-]2)nc1. The van der Waals surface area contributed by atoms with Gasteiger partial charge in [0, 0.05) is 58.0 Å². The molecule has 3 aromatic heterocycles. The van der Waals surface area contributed by atoms with E-state index in [0.29, 0.717) is 5.82 Å². The van der Waals surface area contributed by atoms with E-state index in [9.17, 15) is 0 Å². The number of nitrogens with zero attached hydrogens (tertiary/aromatic N) is 6. The van der Waals surface area contributed by atoms with Crippen LogP contribution < -0.4 is 30.7 Å². The van der Waals surface area contributed by atoms with Crippen LogP contribution in [0.25, 0.3) is 33.8 Å². The van der Waals surface area contributed by atoms with Gasteiger partial charge in [-0.05, 0) is 88.1 Å². The summed E-state index contributed by atoms with van der Waals surface area (Å²) in [5.74, 6) is 0.691. The van der Waals surface area contributed by atoms with Gasteiger partial charge in [-0.1, -0.05) is 78.9 Å². The summed E-state index contributed by atoms with van der Waals surface area (Å²) in [4.78, 5) is 22.2. The minimum absolute atomic E-state index is 0. The van der Waals surface area contributed by atoms with E-state index in [4.69, 9.17) is 0 Å². The van der Waals surface area contributed by atoms with Gasteiger partial charge in [0.1, 0.15) is 0 Å². The fraction of sp³-hybridized carbons (Fsp3) is 0.0541. The van der Waals surface area contributed by atoms with Crippen LogP contribution in [0.3, 0.4) is 0 Å². The van der Waals surface area contributed by atoms with Gasteiger partial charge in [0.2, 0.25) is 0 Å². The van der Waals surface area contributed by atoms with Crippen LogP contribution in [0.4, 0.5) is 22.7 Å². The average Bonchev–Trinajstić information content (AvgIpc) is 3.54. The van der Waals surface area contributed by atoms with Crippen LogP contribution in [0.15, 0.2) is 128 Å². The predicted molar refractivity (Wildman–Crippen MR) is 182 cm³/mol. The van der Waals surface area contributed by atoms with E-state index < -0.39 is 7.92 Å². The van der Waals surface area contributed by atoms with Crippen LogP contribution in [0.2, 0.25) is 0 Å². The van der Waals surface area contributed by atoms with Gasteiger partial charge in [0.05, 0.1) is 5.69 Å². The predicted octanol–water partition coefficient (Wildman–Crippen LogP) is 6.72. The fourth-order valence-electron chi connectivity index (χ4n) is 5.94. The van der Waals surface area contributed by atoms with E-state index >= 15 is 0 Å². The van der Waals surface area contributed by atoms with E-state index in [1.165, 1.54) is 33.0 Å². The first-order valence-electron chi connectivity index (χ1n) is 14.5. The summed E-state index contributed by atoms with van der Waals surface area (Å²) in [7, 11) is 3.70. The van der Waals surface area contributed by atoms with Crippen molar-refractivity contribution in [2.24, 2.45) is 0 Å². The number of rotatable bonds is 2. The first kappa shape index (κ1) is 29.1. The van der Waals surface area contributed by atoms with E-state index in [2.05, 4.69) is 111 Å². The van der Waals surface area contributed by atoms with Crippen LogP contribution in [-0.4, -0.2) is 29.0 Å². The normalized spacial score (nSPS) is 14.0. The molecular formula is C37H27IrN6P-2. The number of hydrogen-bond acceptors (Lipinski definition) is 5. The molecule has 45 heavy (non-hydrogen) atoms. The summed E-state index contributed by atoms with van der Waals surface area (Å²) in [6.07, 6.45) is 3.59. The van der Waals surface area contributed by atoms with E-state index in [1.54, 1.807) is 6.20 Å². The zero-order valence-corrected chi connectivity index (χ0v) is 27.9. The first-order valence-corrected chi connectivity index (χ1v) is 15.8. The standard InChI is InChI=1S/C25H19N3P.C12H8N3.Ir/c1-27-19-10-3-5-12-23(19)29-24-13-6-4-11-20(24)28(2)22-16-17(15-21(27)25(22)29)18-9-7-8-14-26-18;1-2-6-10-9(5-1)14-12(15-10)11-7-3-4-8-13-11;/h3-15H,1-2H3;1-8H;/q2*-1;. The molecule has 1 unspecified atom stereocenters. The number of aromatic nitrogens is 4. The molecule has 0 saturated carbocycles. The maximum atomic E-state index is 4.59. The average molecular weight is 779 g/mol. The Morgan fingerprint density at radius 1 is 0.644 bits per heavy atom. The molecule has 0 fully saturated rings. The zero-order chi connectivity index (χ0) is 29.6. The molecule has 6 nitrogen and oxygen atoms in total. The Morgan fingerprint density at radius 2 is 1.24 bits per heavy atom. The molecule has 7 aromatic rings. The Kier molecular flexibility index (Phi) is 7.76.